The van der Waals surface area contributed by atoms with Crippen molar-refractivity contribution < 1.29 is 19.4 Å². The number of carboxylic acids is 1. The maximum Gasteiger partial charge on any atom is 0.308 e. The summed E-state index contributed by atoms with van der Waals surface area (Å²) in [5.74, 6) is -2.46. The Morgan fingerprint density at radius 3 is 2.21 bits per heavy atom. The molecule has 0 amide bonds. The number of hydrogen-bond acceptors (Lipinski definition) is 4. The molecule has 0 spiro atoms. The van der Waals surface area contributed by atoms with Crippen molar-refractivity contribution >= 4 is 11.9 Å². The van der Waals surface area contributed by atoms with Crippen LogP contribution in [0.3, 0.4) is 0 Å². The van der Waals surface area contributed by atoms with Gasteiger partial charge < -0.3 is 15.6 Å². The molecular formula is C9H17NO4. The number of esters is 1. The highest BCUT2D eigenvalue weighted by molar-refractivity contribution is 5.79. The van der Waals surface area contributed by atoms with E-state index in [0.29, 0.717) is 0 Å². The molecule has 0 unspecified atom stereocenters. The minimum Gasteiger partial charge on any atom is -0.481 e. The molecule has 0 fully saturated rings. The molecule has 0 bridgehead atoms. The summed E-state index contributed by atoms with van der Waals surface area (Å²) in [6.45, 7) is 5.12. The van der Waals surface area contributed by atoms with Crippen molar-refractivity contribution in [3.8, 4) is 0 Å². The second-order valence-corrected chi connectivity index (χ2v) is 4.06. The molecule has 1 atom stereocenters. The lowest BCUT2D eigenvalue weighted by molar-refractivity contribution is -0.159. The molecule has 82 valence electrons. The Labute approximate surface area is 83.2 Å². The minimum atomic E-state index is -1.07. The van der Waals surface area contributed by atoms with Crippen LogP contribution in [0, 0.1) is 5.92 Å². The molecule has 0 saturated carbocycles. The number of ether oxygens (including phenoxy) is 1. The van der Waals surface area contributed by atoms with Crippen molar-refractivity contribution in [2.24, 2.45) is 11.7 Å². The Morgan fingerprint density at radius 1 is 1.43 bits per heavy atom. The summed E-state index contributed by atoms with van der Waals surface area (Å²) >= 11 is 0. The van der Waals surface area contributed by atoms with Crippen LogP contribution in [-0.4, -0.2) is 29.2 Å². The molecule has 3 N–H and O–H groups in total. The van der Waals surface area contributed by atoms with Gasteiger partial charge in [-0.05, 0) is 20.8 Å². The first kappa shape index (κ1) is 12.9. The van der Waals surface area contributed by atoms with Gasteiger partial charge in [-0.2, -0.15) is 0 Å². The molecule has 0 saturated heterocycles. The molecule has 0 aliphatic rings. The third-order valence-corrected chi connectivity index (χ3v) is 1.47. The molecule has 0 aromatic carbocycles. The van der Waals surface area contributed by atoms with E-state index in [1.807, 2.05) is 0 Å². The van der Waals surface area contributed by atoms with Crippen LogP contribution in [0.4, 0.5) is 0 Å². The van der Waals surface area contributed by atoms with Crippen LogP contribution in [-0.2, 0) is 14.3 Å². The first-order chi connectivity index (χ1) is 6.26. The first-order valence-electron chi connectivity index (χ1n) is 4.41. The van der Waals surface area contributed by atoms with Crippen molar-refractivity contribution in [1.82, 2.24) is 0 Å². The van der Waals surface area contributed by atoms with Gasteiger partial charge in [0.05, 0.1) is 12.3 Å². The van der Waals surface area contributed by atoms with Crippen molar-refractivity contribution in [2.45, 2.75) is 32.8 Å². The zero-order valence-corrected chi connectivity index (χ0v) is 8.74. The predicted octanol–water partition coefficient (Wildman–Crippen LogP) is 0.378. The van der Waals surface area contributed by atoms with Crippen LogP contribution in [0.15, 0.2) is 0 Å². The van der Waals surface area contributed by atoms with Crippen molar-refractivity contribution in [3.63, 3.8) is 0 Å². The number of carbonyl (C=O) groups is 2. The summed E-state index contributed by atoms with van der Waals surface area (Å²) < 4.78 is 4.96. The van der Waals surface area contributed by atoms with Gasteiger partial charge >= 0.3 is 11.9 Å². The highest BCUT2D eigenvalue weighted by Crippen LogP contribution is 2.11. The molecule has 0 heterocycles. The van der Waals surface area contributed by atoms with Gasteiger partial charge in [-0.1, -0.05) is 0 Å². The van der Waals surface area contributed by atoms with Crippen LogP contribution in [0.1, 0.15) is 27.2 Å². The fourth-order valence-electron chi connectivity index (χ4n) is 0.856. The average Bonchev–Trinajstić information content (AvgIpc) is 1.96. The Balaban J connectivity index is 4.11. The Kier molecular flexibility index (Phi) is 4.56. The topological polar surface area (TPSA) is 89.6 Å². The van der Waals surface area contributed by atoms with Gasteiger partial charge in [0.1, 0.15) is 5.60 Å². The lowest BCUT2D eigenvalue weighted by atomic mass is 10.1. The lowest BCUT2D eigenvalue weighted by Crippen LogP contribution is -2.30. The standard InChI is InChI=1S/C9H17NO4/c1-9(2,3)14-7(11)4-6(5-10)8(12)13/h6H,4-5,10H2,1-3H3,(H,12,13)/t6-/m1/s1. The zero-order valence-electron chi connectivity index (χ0n) is 8.74. The van der Waals surface area contributed by atoms with Crippen LogP contribution in [0.5, 0.6) is 0 Å². The fraction of sp³-hybridized carbons (Fsp3) is 0.778. The van der Waals surface area contributed by atoms with E-state index in [9.17, 15) is 9.59 Å². The van der Waals surface area contributed by atoms with E-state index in [2.05, 4.69) is 0 Å². The molecule has 5 heteroatoms. The predicted molar refractivity (Wildman–Crippen MR) is 50.6 cm³/mol. The molecular weight excluding hydrogens is 186 g/mol. The van der Waals surface area contributed by atoms with E-state index in [1.54, 1.807) is 20.8 Å². The molecule has 0 radical (unpaired) electrons. The molecule has 0 rings (SSSR count). The van der Waals surface area contributed by atoms with E-state index < -0.39 is 23.5 Å². The van der Waals surface area contributed by atoms with Gasteiger partial charge in [-0.3, -0.25) is 9.59 Å². The first-order valence-corrected chi connectivity index (χ1v) is 4.41. The fourth-order valence-corrected chi connectivity index (χ4v) is 0.856. The smallest absolute Gasteiger partial charge is 0.308 e. The number of aliphatic carboxylic acids is 1. The highest BCUT2D eigenvalue weighted by atomic mass is 16.6. The van der Waals surface area contributed by atoms with E-state index >= 15 is 0 Å². The molecule has 5 nitrogen and oxygen atoms in total. The summed E-state index contributed by atoms with van der Waals surface area (Å²) in [5, 5.41) is 8.63. The van der Waals surface area contributed by atoms with Crippen LogP contribution < -0.4 is 5.73 Å². The lowest BCUT2D eigenvalue weighted by Gasteiger charge is -2.20. The molecule has 0 aromatic rings. The monoisotopic (exact) mass is 203 g/mol. The zero-order chi connectivity index (χ0) is 11.4. The highest BCUT2D eigenvalue weighted by Gasteiger charge is 2.23. The molecule has 0 aliphatic carbocycles. The molecule has 14 heavy (non-hydrogen) atoms. The van der Waals surface area contributed by atoms with Crippen molar-refractivity contribution in [2.75, 3.05) is 6.54 Å². The van der Waals surface area contributed by atoms with Gasteiger partial charge in [0.2, 0.25) is 0 Å². The minimum absolute atomic E-state index is 0.0609. The summed E-state index contributed by atoms with van der Waals surface area (Å²) in [6.07, 6.45) is -0.177. The summed E-state index contributed by atoms with van der Waals surface area (Å²) in [4.78, 5) is 21.7. The summed E-state index contributed by atoms with van der Waals surface area (Å²) in [5.41, 5.74) is 4.61. The van der Waals surface area contributed by atoms with Gasteiger partial charge in [0, 0.05) is 6.54 Å². The van der Waals surface area contributed by atoms with Crippen LogP contribution in [0.25, 0.3) is 0 Å². The molecule has 0 aromatic heterocycles. The van der Waals surface area contributed by atoms with Crippen LogP contribution >= 0.6 is 0 Å². The normalized spacial score (nSPS) is 13.4. The second kappa shape index (κ2) is 4.95. The van der Waals surface area contributed by atoms with E-state index in [1.165, 1.54) is 0 Å². The second-order valence-electron chi connectivity index (χ2n) is 4.06. The Morgan fingerprint density at radius 2 is 1.93 bits per heavy atom. The number of carbonyl (C=O) groups excluding carboxylic acids is 1. The van der Waals surface area contributed by atoms with Gasteiger partial charge in [-0.15, -0.1) is 0 Å². The number of rotatable bonds is 4. The van der Waals surface area contributed by atoms with Gasteiger partial charge in [0.25, 0.3) is 0 Å². The van der Waals surface area contributed by atoms with Crippen molar-refractivity contribution in [1.29, 1.82) is 0 Å². The maximum absolute atomic E-state index is 11.2. The largest absolute Gasteiger partial charge is 0.481 e. The van der Waals surface area contributed by atoms with E-state index in [-0.39, 0.29) is 13.0 Å². The third kappa shape index (κ3) is 5.53. The van der Waals surface area contributed by atoms with E-state index in [4.69, 9.17) is 15.6 Å². The van der Waals surface area contributed by atoms with E-state index in [0.717, 1.165) is 0 Å². The Hall–Kier alpha value is -1.10. The number of nitrogens with two attached hydrogens (primary N) is 1. The average molecular weight is 203 g/mol. The quantitative estimate of drug-likeness (QED) is 0.644. The number of hydrogen-bond donors (Lipinski definition) is 2. The van der Waals surface area contributed by atoms with Crippen molar-refractivity contribution in [3.05, 3.63) is 0 Å². The molecule has 0 aliphatic heterocycles. The van der Waals surface area contributed by atoms with Gasteiger partial charge in [0.15, 0.2) is 0 Å². The SMILES string of the molecule is CC(C)(C)OC(=O)C[C@H](CN)C(=O)O. The number of carboxylic acid groups (broad SMARTS) is 1. The third-order valence-electron chi connectivity index (χ3n) is 1.47. The summed E-state index contributed by atoms with van der Waals surface area (Å²) in [7, 11) is 0. The Bertz CT molecular complexity index is 219. The van der Waals surface area contributed by atoms with Gasteiger partial charge in [-0.25, -0.2) is 0 Å². The van der Waals surface area contributed by atoms with Crippen LogP contribution in [0.2, 0.25) is 0 Å². The maximum atomic E-state index is 11.2. The summed E-state index contributed by atoms with van der Waals surface area (Å²) in [6, 6.07) is 0.